The van der Waals surface area contributed by atoms with E-state index in [0.717, 1.165) is 48.0 Å². The van der Waals surface area contributed by atoms with E-state index in [1.165, 1.54) is 38.5 Å². The van der Waals surface area contributed by atoms with Crippen molar-refractivity contribution in [1.82, 2.24) is 15.0 Å². The average Bonchev–Trinajstić information content (AvgIpc) is 3.32. The molecule has 5 heteroatoms. The van der Waals surface area contributed by atoms with Crippen LogP contribution in [0.25, 0.3) is 11.0 Å². The van der Waals surface area contributed by atoms with Gasteiger partial charge in [0.05, 0.1) is 5.60 Å². The van der Waals surface area contributed by atoms with E-state index in [4.69, 9.17) is 0 Å². The molecule has 172 valence electrons. The molecule has 8 atom stereocenters. The topological polar surface area (TPSA) is 68.0 Å². The van der Waals surface area contributed by atoms with Gasteiger partial charge in [0.15, 0.2) is 5.78 Å². The molecule has 0 saturated heterocycles. The number of ketones is 1. The Morgan fingerprint density at radius 2 is 1.69 bits per heavy atom. The van der Waals surface area contributed by atoms with Gasteiger partial charge in [0, 0.05) is 5.92 Å². The Balaban J connectivity index is 1.18. The summed E-state index contributed by atoms with van der Waals surface area (Å²) in [5.74, 6) is 4.26. The van der Waals surface area contributed by atoms with Gasteiger partial charge < -0.3 is 5.11 Å². The zero-order valence-electron chi connectivity index (χ0n) is 19.5. The summed E-state index contributed by atoms with van der Waals surface area (Å²) in [5, 5.41) is 19.7. The van der Waals surface area contributed by atoms with Crippen molar-refractivity contribution < 1.29 is 9.90 Å². The lowest BCUT2D eigenvalue weighted by atomic mass is 9.49. The highest BCUT2D eigenvalue weighted by molar-refractivity contribution is 5.82. The van der Waals surface area contributed by atoms with Gasteiger partial charge in [-0.3, -0.25) is 4.79 Å². The quantitative estimate of drug-likeness (QED) is 0.735. The van der Waals surface area contributed by atoms with Gasteiger partial charge in [0.25, 0.3) is 0 Å². The second kappa shape index (κ2) is 7.38. The standard InChI is InChI=1S/C27H37N3O2/c1-26(32)13-11-18-17(15-26)7-8-20-19(18)12-14-27(2)21(20)9-10-22(27)25(31)16-30-28-23-5-3-4-6-24(23)29-30/h3-6,17-22,32H,7-16H2,1-2H3/t17-,18-,19+,20+,21-,22+,26+,27-/m0/s1. The first kappa shape index (κ1) is 20.8. The molecule has 2 aromatic rings. The van der Waals surface area contributed by atoms with Crippen molar-refractivity contribution in [1.29, 1.82) is 0 Å². The lowest BCUT2D eigenvalue weighted by Crippen LogP contribution is -2.51. The summed E-state index contributed by atoms with van der Waals surface area (Å²) in [6.45, 7) is 4.77. The molecule has 1 heterocycles. The van der Waals surface area contributed by atoms with E-state index in [0.29, 0.717) is 24.2 Å². The number of aliphatic hydroxyl groups is 1. The molecule has 0 unspecified atom stereocenters. The van der Waals surface area contributed by atoms with Crippen molar-refractivity contribution in [3.05, 3.63) is 24.3 Å². The van der Waals surface area contributed by atoms with Crippen LogP contribution in [0.5, 0.6) is 0 Å². The Kier molecular flexibility index (Phi) is 4.80. The van der Waals surface area contributed by atoms with Crippen LogP contribution in [0.1, 0.15) is 71.6 Å². The normalized spacial score (nSPS) is 43.5. The number of nitrogens with zero attached hydrogens (tertiary/aromatic N) is 3. The molecule has 32 heavy (non-hydrogen) atoms. The van der Waals surface area contributed by atoms with Crippen LogP contribution in [0.3, 0.4) is 0 Å². The van der Waals surface area contributed by atoms with Crippen molar-refractivity contribution in [3.8, 4) is 0 Å². The molecule has 1 N–H and O–H groups in total. The van der Waals surface area contributed by atoms with Crippen LogP contribution >= 0.6 is 0 Å². The highest BCUT2D eigenvalue weighted by Crippen LogP contribution is 2.64. The van der Waals surface area contributed by atoms with Gasteiger partial charge >= 0.3 is 0 Å². The summed E-state index contributed by atoms with van der Waals surface area (Å²) >= 11 is 0. The second-order valence-electron chi connectivity index (χ2n) is 12.0. The number of hydrogen-bond donors (Lipinski definition) is 1. The van der Waals surface area contributed by atoms with Crippen LogP contribution < -0.4 is 0 Å². The highest BCUT2D eigenvalue weighted by atomic mass is 16.3. The molecule has 0 spiro atoms. The summed E-state index contributed by atoms with van der Waals surface area (Å²) < 4.78 is 0. The number of fused-ring (bicyclic) bond motifs is 6. The van der Waals surface area contributed by atoms with Gasteiger partial charge in [-0.05, 0) is 112 Å². The maximum atomic E-state index is 13.5. The molecule has 1 aromatic carbocycles. The Morgan fingerprint density at radius 1 is 0.969 bits per heavy atom. The molecular weight excluding hydrogens is 398 g/mol. The maximum Gasteiger partial charge on any atom is 0.159 e. The van der Waals surface area contributed by atoms with Crippen molar-refractivity contribution in [3.63, 3.8) is 0 Å². The zero-order valence-corrected chi connectivity index (χ0v) is 19.5. The molecule has 5 nitrogen and oxygen atoms in total. The zero-order chi connectivity index (χ0) is 22.1. The number of carbonyl (C=O) groups excluding carboxylic acids is 1. The summed E-state index contributed by atoms with van der Waals surface area (Å²) in [7, 11) is 0. The molecule has 0 aliphatic heterocycles. The van der Waals surface area contributed by atoms with Crippen LogP contribution in [0, 0.1) is 40.9 Å². The van der Waals surface area contributed by atoms with Crippen molar-refractivity contribution in [2.75, 3.05) is 0 Å². The van der Waals surface area contributed by atoms with E-state index < -0.39 is 5.60 Å². The Labute approximate surface area is 191 Å². The molecular formula is C27H37N3O2. The molecule has 4 saturated carbocycles. The number of aromatic nitrogens is 3. The maximum absolute atomic E-state index is 13.5. The first-order chi connectivity index (χ1) is 15.3. The molecule has 0 bridgehead atoms. The van der Waals surface area contributed by atoms with E-state index in [1.807, 2.05) is 31.2 Å². The minimum absolute atomic E-state index is 0.137. The minimum Gasteiger partial charge on any atom is -0.390 e. The minimum atomic E-state index is -0.451. The van der Waals surface area contributed by atoms with Crippen molar-refractivity contribution in [2.45, 2.75) is 83.8 Å². The van der Waals surface area contributed by atoms with Gasteiger partial charge in [-0.15, -0.1) is 0 Å². The molecule has 4 aliphatic rings. The highest BCUT2D eigenvalue weighted by Gasteiger charge is 2.58. The fraction of sp³-hybridized carbons (Fsp3) is 0.741. The first-order valence-corrected chi connectivity index (χ1v) is 12.9. The third-order valence-electron chi connectivity index (χ3n) is 10.3. The molecule has 1 aromatic heterocycles. The number of Topliss-reactive ketones (excluding diaryl/α,β-unsaturated/α-hetero) is 1. The van der Waals surface area contributed by atoms with E-state index in [-0.39, 0.29) is 11.3 Å². The van der Waals surface area contributed by atoms with Crippen molar-refractivity contribution >= 4 is 16.8 Å². The van der Waals surface area contributed by atoms with Crippen LogP contribution in [0.15, 0.2) is 24.3 Å². The number of hydrogen-bond acceptors (Lipinski definition) is 4. The Morgan fingerprint density at radius 3 is 2.44 bits per heavy atom. The number of carbonyl (C=O) groups is 1. The molecule has 0 amide bonds. The summed E-state index contributed by atoms with van der Waals surface area (Å²) in [6, 6.07) is 7.84. The molecule has 4 fully saturated rings. The predicted molar refractivity (Wildman–Crippen MR) is 124 cm³/mol. The van der Waals surface area contributed by atoms with Gasteiger partial charge in [0.2, 0.25) is 0 Å². The van der Waals surface area contributed by atoms with Gasteiger partial charge in [-0.2, -0.15) is 15.0 Å². The molecule has 6 rings (SSSR count). The van der Waals surface area contributed by atoms with Gasteiger partial charge in [-0.1, -0.05) is 19.1 Å². The van der Waals surface area contributed by atoms with Crippen LogP contribution in [-0.2, 0) is 11.3 Å². The van der Waals surface area contributed by atoms with E-state index in [9.17, 15) is 9.90 Å². The summed E-state index contributed by atoms with van der Waals surface area (Å²) in [5.41, 5.74) is 1.41. The fourth-order valence-electron chi connectivity index (χ4n) is 8.84. The monoisotopic (exact) mass is 435 g/mol. The van der Waals surface area contributed by atoms with Gasteiger partial charge in [0.1, 0.15) is 17.6 Å². The second-order valence-corrected chi connectivity index (χ2v) is 12.0. The molecule has 0 radical (unpaired) electrons. The summed E-state index contributed by atoms with van der Waals surface area (Å²) in [6.07, 6.45) is 10.4. The molecule has 4 aliphatic carbocycles. The Bertz CT molecular complexity index is 996. The SMILES string of the molecule is C[C@@]1(O)CC[C@H]2[C@@H](CC[C@@H]3[C@@H]2CC[C@]2(C)[C@@H](C(=O)Cn4nc5ccccc5n4)CC[C@@H]32)C1. The lowest BCUT2D eigenvalue weighted by Gasteiger charge is -2.56. The van der Waals surface area contributed by atoms with E-state index >= 15 is 0 Å². The van der Waals surface area contributed by atoms with E-state index in [1.54, 1.807) is 4.80 Å². The number of benzene rings is 1. The summed E-state index contributed by atoms with van der Waals surface area (Å²) in [4.78, 5) is 15.1. The smallest absolute Gasteiger partial charge is 0.159 e. The van der Waals surface area contributed by atoms with Crippen LogP contribution in [0.2, 0.25) is 0 Å². The van der Waals surface area contributed by atoms with Gasteiger partial charge in [-0.25, -0.2) is 0 Å². The average molecular weight is 436 g/mol. The lowest BCUT2D eigenvalue weighted by molar-refractivity contribution is -0.133. The third-order valence-corrected chi connectivity index (χ3v) is 10.3. The first-order valence-electron chi connectivity index (χ1n) is 12.9. The predicted octanol–water partition coefficient (Wildman–Crippen LogP) is 5.02. The largest absolute Gasteiger partial charge is 0.390 e. The fourth-order valence-corrected chi connectivity index (χ4v) is 8.84. The van der Waals surface area contributed by atoms with Crippen LogP contribution in [-0.4, -0.2) is 31.5 Å². The number of rotatable bonds is 3. The van der Waals surface area contributed by atoms with Crippen molar-refractivity contribution in [2.24, 2.45) is 40.9 Å². The third kappa shape index (κ3) is 3.26. The van der Waals surface area contributed by atoms with E-state index in [2.05, 4.69) is 17.1 Å². The van der Waals surface area contributed by atoms with Crippen LogP contribution in [0.4, 0.5) is 0 Å². The Hall–Kier alpha value is -1.75.